The third kappa shape index (κ3) is 6.01. The molecule has 0 aliphatic rings. The SMILES string of the molecule is Cc1cccc(-c2cccc(-c3cc(-c4ccccc4)c(-c4ccccc4)cc3-c3cccc(-c4cc(C)cc(C)c4)c3)c2)c1. The van der Waals surface area contributed by atoms with E-state index in [1.54, 1.807) is 0 Å². The molecule has 0 amide bonds. The van der Waals surface area contributed by atoms with Gasteiger partial charge in [0.2, 0.25) is 0 Å². The average Bonchev–Trinajstić information content (AvgIpc) is 3.08. The Balaban J connectivity index is 1.50. The molecular weight excluding hydrogens is 540 g/mol. The molecule has 0 nitrogen and oxygen atoms in total. The molecule has 0 saturated heterocycles. The van der Waals surface area contributed by atoms with E-state index in [0.717, 1.165) is 0 Å². The van der Waals surface area contributed by atoms with Crippen molar-refractivity contribution < 1.29 is 0 Å². The second-order valence-corrected chi connectivity index (χ2v) is 12.1. The molecule has 216 valence electrons. The first-order chi connectivity index (χ1) is 22.0. The first-order valence-electron chi connectivity index (χ1n) is 15.7. The van der Waals surface area contributed by atoms with Crippen molar-refractivity contribution in [3.63, 3.8) is 0 Å². The van der Waals surface area contributed by atoms with Crippen molar-refractivity contribution in [1.82, 2.24) is 0 Å². The van der Waals surface area contributed by atoms with E-state index < -0.39 is 0 Å². The molecule has 7 aromatic rings. The highest BCUT2D eigenvalue weighted by atomic mass is 14.2. The van der Waals surface area contributed by atoms with Crippen molar-refractivity contribution in [2.45, 2.75) is 20.8 Å². The molecule has 0 fully saturated rings. The maximum atomic E-state index is 2.41. The fraction of sp³-hybridized carbons (Fsp3) is 0.0667. The molecule has 0 aliphatic carbocycles. The van der Waals surface area contributed by atoms with Crippen molar-refractivity contribution in [3.8, 4) is 66.8 Å². The topological polar surface area (TPSA) is 0 Å². The minimum absolute atomic E-state index is 1.21. The predicted octanol–water partition coefficient (Wildman–Crippen LogP) is 12.6. The van der Waals surface area contributed by atoms with E-state index in [1.807, 2.05) is 0 Å². The smallest absolute Gasteiger partial charge is 0.00986 e. The van der Waals surface area contributed by atoms with Crippen LogP contribution in [0.4, 0.5) is 0 Å². The Bertz CT molecular complexity index is 2100. The van der Waals surface area contributed by atoms with Crippen LogP contribution in [0, 0.1) is 20.8 Å². The van der Waals surface area contributed by atoms with Crippen LogP contribution < -0.4 is 0 Å². The normalized spacial score (nSPS) is 11.0. The molecule has 0 heterocycles. The Labute approximate surface area is 267 Å². The van der Waals surface area contributed by atoms with Crippen LogP contribution in [-0.2, 0) is 0 Å². The van der Waals surface area contributed by atoms with E-state index in [9.17, 15) is 0 Å². The fourth-order valence-electron chi connectivity index (χ4n) is 6.49. The summed E-state index contributed by atoms with van der Waals surface area (Å²) < 4.78 is 0. The molecule has 0 N–H and O–H groups in total. The summed E-state index contributed by atoms with van der Waals surface area (Å²) in [4.78, 5) is 0. The molecule has 0 heteroatoms. The molecule has 0 saturated carbocycles. The van der Waals surface area contributed by atoms with Crippen LogP contribution in [0.5, 0.6) is 0 Å². The van der Waals surface area contributed by atoms with Crippen LogP contribution in [0.2, 0.25) is 0 Å². The highest BCUT2D eigenvalue weighted by molar-refractivity contribution is 5.96. The minimum Gasteiger partial charge on any atom is -0.0622 e. The zero-order valence-electron chi connectivity index (χ0n) is 26.1. The van der Waals surface area contributed by atoms with Crippen molar-refractivity contribution >= 4 is 0 Å². The van der Waals surface area contributed by atoms with Crippen molar-refractivity contribution in [2.75, 3.05) is 0 Å². The quantitative estimate of drug-likeness (QED) is 0.185. The largest absolute Gasteiger partial charge is 0.0622 e. The summed E-state index contributed by atoms with van der Waals surface area (Å²) >= 11 is 0. The summed E-state index contributed by atoms with van der Waals surface area (Å²) in [6.45, 7) is 6.50. The van der Waals surface area contributed by atoms with Gasteiger partial charge in [0.1, 0.15) is 0 Å². The Morgan fingerprint density at radius 2 is 0.578 bits per heavy atom. The molecule has 0 radical (unpaired) electrons. The van der Waals surface area contributed by atoms with Gasteiger partial charge in [-0.15, -0.1) is 0 Å². The zero-order chi connectivity index (χ0) is 30.8. The second kappa shape index (κ2) is 12.3. The lowest BCUT2D eigenvalue weighted by molar-refractivity contribution is 1.38. The van der Waals surface area contributed by atoms with E-state index in [-0.39, 0.29) is 0 Å². The van der Waals surface area contributed by atoms with E-state index >= 15 is 0 Å². The lowest BCUT2D eigenvalue weighted by Crippen LogP contribution is -1.93. The van der Waals surface area contributed by atoms with Crippen LogP contribution in [0.25, 0.3) is 66.8 Å². The summed E-state index contributed by atoms with van der Waals surface area (Å²) in [6.07, 6.45) is 0. The summed E-state index contributed by atoms with van der Waals surface area (Å²) in [5, 5.41) is 0. The molecule has 0 aliphatic heterocycles. The Kier molecular flexibility index (Phi) is 7.72. The number of aryl methyl sites for hydroxylation is 3. The molecule has 0 atom stereocenters. The lowest BCUT2D eigenvalue weighted by Gasteiger charge is -2.19. The monoisotopic (exact) mass is 576 g/mol. The molecule has 0 unspecified atom stereocenters. The molecule has 0 spiro atoms. The van der Waals surface area contributed by atoms with Crippen LogP contribution in [0.1, 0.15) is 16.7 Å². The summed E-state index contributed by atoms with van der Waals surface area (Å²) in [7, 11) is 0. The minimum atomic E-state index is 1.21. The molecule has 7 rings (SSSR count). The molecule has 0 bridgehead atoms. The molecule has 0 aromatic heterocycles. The first-order valence-corrected chi connectivity index (χ1v) is 15.7. The fourth-order valence-corrected chi connectivity index (χ4v) is 6.49. The molecule has 7 aromatic carbocycles. The van der Waals surface area contributed by atoms with Gasteiger partial charge >= 0.3 is 0 Å². The summed E-state index contributed by atoms with van der Waals surface area (Å²) in [5.41, 5.74) is 18.5. The van der Waals surface area contributed by atoms with Gasteiger partial charge in [-0.2, -0.15) is 0 Å². The van der Waals surface area contributed by atoms with E-state index in [1.165, 1.54) is 83.5 Å². The predicted molar refractivity (Wildman–Crippen MR) is 193 cm³/mol. The van der Waals surface area contributed by atoms with Crippen LogP contribution >= 0.6 is 0 Å². The van der Waals surface area contributed by atoms with Crippen LogP contribution in [0.3, 0.4) is 0 Å². The number of hydrogen-bond acceptors (Lipinski definition) is 0. The summed E-state index contributed by atoms with van der Waals surface area (Å²) in [5.74, 6) is 0. The Morgan fingerprint density at radius 3 is 1.07 bits per heavy atom. The van der Waals surface area contributed by atoms with Crippen LogP contribution in [0.15, 0.2) is 164 Å². The first kappa shape index (κ1) is 28.3. The van der Waals surface area contributed by atoms with Crippen molar-refractivity contribution in [3.05, 3.63) is 180 Å². The zero-order valence-corrected chi connectivity index (χ0v) is 26.1. The second-order valence-electron chi connectivity index (χ2n) is 12.1. The number of hydrogen-bond donors (Lipinski definition) is 0. The standard InChI is InChI=1S/C45H36/c1-31-13-10-18-36(24-31)37-19-11-21-39(27-37)44-29-42(34-14-6-4-7-15-34)43(35-16-8-5-9-17-35)30-45(44)40-22-12-20-38(28-40)41-25-32(2)23-33(3)26-41/h4-30H,1-3H3. The van der Waals surface area contributed by atoms with E-state index in [0.29, 0.717) is 0 Å². The maximum Gasteiger partial charge on any atom is -0.00986 e. The number of rotatable bonds is 6. The van der Waals surface area contributed by atoms with Gasteiger partial charge in [-0.1, -0.05) is 156 Å². The highest BCUT2D eigenvalue weighted by Crippen LogP contribution is 2.43. The van der Waals surface area contributed by atoms with Gasteiger partial charge < -0.3 is 0 Å². The third-order valence-corrected chi connectivity index (χ3v) is 8.58. The molecular formula is C45H36. The van der Waals surface area contributed by atoms with Gasteiger partial charge in [-0.05, 0) is 112 Å². The van der Waals surface area contributed by atoms with Gasteiger partial charge in [-0.3, -0.25) is 0 Å². The van der Waals surface area contributed by atoms with E-state index in [4.69, 9.17) is 0 Å². The highest BCUT2D eigenvalue weighted by Gasteiger charge is 2.17. The Morgan fingerprint density at radius 1 is 0.222 bits per heavy atom. The number of benzene rings is 7. The van der Waals surface area contributed by atoms with E-state index in [2.05, 4.69) is 185 Å². The Hall–Kier alpha value is -5.46. The van der Waals surface area contributed by atoms with Gasteiger partial charge in [0.15, 0.2) is 0 Å². The van der Waals surface area contributed by atoms with Gasteiger partial charge in [-0.25, -0.2) is 0 Å². The maximum absolute atomic E-state index is 2.41. The van der Waals surface area contributed by atoms with Gasteiger partial charge in [0.05, 0.1) is 0 Å². The lowest BCUT2D eigenvalue weighted by atomic mass is 9.84. The molecule has 45 heavy (non-hydrogen) atoms. The van der Waals surface area contributed by atoms with Crippen molar-refractivity contribution in [1.29, 1.82) is 0 Å². The third-order valence-electron chi connectivity index (χ3n) is 8.58. The van der Waals surface area contributed by atoms with Crippen LogP contribution in [-0.4, -0.2) is 0 Å². The van der Waals surface area contributed by atoms with Gasteiger partial charge in [0.25, 0.3) is 0 Å². The van der Waals surface area contributed by atoms with Crippen molar-refractivity contribution in [2.24, 2.45) is 0 Å². The summed E-state index contributed by atoms with van der Waals surface area (Å²) in [6, 6.07) is 60.0. The van der Waals surface area contributed by atoms with Gasteiger partial charge in [0, 0.05) is 0 Å². The average molecular weight is 577 g/mol.